The summed E-state index contributed by atoms with van der Waals surface area (Å²) < 4.78 is 8.92. The lowest BCUT2D eigenvalue weighted by Crippen LogP contribution is -2.32. The van der Waals surface area contributed by atoms with Crippen molar-refractivity contribution in [2.24, 2.45) is 0 Å². The second-order valence-corrected chi connectivity index (χ2v) is 10.5. The van der Waals surface area contributed by atoms with Crippen LogP contribution >= 0.6 is 0 Å². The molecule has 0 bridgehead atoms. The summed E-state index contributed by atoms with van der Waals surface area (Å²) in [7, 11) is 0. The van der Waals surface area contributed by atoms with Crippen LogP contribution in [0.4, 0.5) is 0 Å². The van der Waals surface area contributed by atoms with Gasteiger partial charge in [-0.2, -0.15) is 0 Å². The first-order chi connectivity index (χ1) is 19.4. The summed E-state index contributed by atoms with van der Waals surface area (Å²) in [6.45, 7) is 0. The second kappa shape index (κ2) is 7.49. The number of benzene rings is 6. The van der Waals surface area contributed by atoms with E-state index in [1.807, 2.05) is 0 Å². The Bertz CT molecular complexity index is 2020. The molecule has 0 radical (unpaired) electrons. The number of aromatic nitrogens is 1. The van der Waals surface area contributed by atoms with E-state index in [4.69, 9.17) is 4.74 Å². The van der Waals surface area contributed by atoms with E-state index in [2.05, 4.69) is 144 Å². The summed E-state index contributed by atoms with van der Waals surface area (Å²) in [4.78, 5) is 0. The van der Waals surface area contributed by atoms with Crippen LogP contribution in [0.5, 0.6) is 11.5 Å². The van der Waals surface area contributed by atoms with Crippen molar-refractivity contribution in [1.82, 2.24) is 4.57 Å². The van der Waals surface area contributed by atoms with Crippen molar-refractivity contribution >= 4 is 21.8 Å². The first-order valence-electron chi connectivity index (χ1n) is 13.5. The van der Waals surface area contributed by atoms with Gasteiger partial charge in [-0.25, -0.2) is 0 Å². The standard InChI is InChI=1S/C37H23NO/c1-4-14-29-25(11-1)26-22-21-24(38-33-17-7-2-12-27(33)28-13-3-8-18-34(28)38)23-32(26)37(29)30-15-5-9-19-35(30)39-36-20-10-6-16-31(36)37/h1-23H. The van der Waals surface area contributed by atoms with Gasteiger partial charge in [-0.1, -0.05) is 103 Å². The van der Waals surface area contributed by atoms with Gasteiger partial charge in [-0.3, -0.25) is 0 Å². The second-order valence-electron chi connectivity index (χ2n) is 10.5. The molecule has 0 unspecified atom stereocenters. The van der Waals surface area contributed by atoms with E-state index in [9.17, 15) is 0 Å². The Kier molecular flexibility index (Phi) is 4.02. The predicted octanol–water partition coefficient (Wildman–Crippen LogP) is 9.25. The van der Waals surface area contributed by atoms with E-state index in [0.717, 1.165) is 11.5 Å². The third-order valence-electron chi connectivity index (χ3n) is 8.67. The normalized spacial score (nSPS) is 14.1. The van der Waals surface area contributed by atoms with Crippen LogP contribution in [0.1, 0.15) is 22.3 Å². The molecule has 182 valence electrons. The van der Waals surface area contributed by atoms with E-state index in [0.29, 0.717) is 0 Å². The summed E-state index contributed by atoms with van der Waals surface area (Å²) in [6, 6.07) is 50.4. The SMILES string of the molecule is c1ccc2c(c1)Oc1ccccc1C21c2ccccc2-c2ccc(-n3c4ccccc4c4ccccc43)cc21. The summed E-state index contributed by atoms with van der Waals surface area (Å²) in [6.07, 6.45) is 0. The Labute approximate surface area is 226 Å². The number of rotatable bonds is 1. The lowest BCUT2D eigenvalue weighted by Gasteiger charge is -2.39. The van der Waals surface area contributed by atoms with Gasteiger partial charge in [0.1, 0.15) is 11.5 Å². The van der Waals surface area contributed by atoms with Crippen molar-refractivity contribution in [3.05, 3.63) is 162 Å². The van der Waals surface area contributed by atoms with Crippen molar-refractivity contribution < 1.29 is 4.74 Å². The molecule has 2 nitrogen and oxygen atoms in total. The lowest BCUT2D eigenvalue weighted by molar-refractivity contribution is 0.436. The molecule has 0 fully saturated rings. The molecule has 2 heteroatoms. The third-order valence-corrected chi connectivity index (χ3v) is 8.67. The number of fused-ring (bicyclic) bond motifs is 12. The Morgan fingerprint density at radius 3 is 1.62 bits per heavy atom. The zero-order chi connectivity index (χ0) is 25.6. The minimum atomic E-state index is -0.466. The number of hydrogen-bond donors (Lipinski definition) is 0. The highest BCUT2D eigenvalue weighted by Crippen LogP contribution is 2.62. The Hall–Kier alpha value is -5.08. The zero-order valence-electron chi connectivity index (χ0n) is 21.1. The Balaban J connectivity index is 1.43. The molecule has 0 saturated carbocycles. The van der Waals surface area contributed by atoms with Gasteiger partial charge in [-0.15, -0.1) is 0 Å². The quantitative estimate of drug-likeness (QED) is 0.220. The Morgan fingerprint density at radius 2 is 0.949 bits per heavy atom. The molecule has 9 rings (SSSR count). The molecule has 2 aliphatic rings. The van der Waals surface area contributed by atoms with Gasteiger partial charge < -0.3 is 9.30 Å². The number of nitrogens with zero attached hydrogens (tertiary/aromatic N) is 1. The molecule has 0 N–H and O–H groups in total. The highest BCUT2D eigenvalue weighted by molar-refractivity contribution is 6.09. The van der Waals surface area contributed by atoms with Crippen LogP contribution in [0.2, 0.25) is 0 Å². The molecule has 7 aromatic rings. The molecule has 2 heterocycles. The molecule has 0 saturated heterocycles. The van der Waals surface area contributed by atoms with Crippen molar-refractivity contribution in [2.75, 3.05) is 0 Å². The fourth-order valence-corrected chi connectivity index (χ4v) is 7.18. The number of hydrogen-bond acceptors (Lipinski definition) is 1. The lowest BCUT2D eigenvalue weighted by atomic mass is 9.66. The minimum absolute atomic E-state index is 0.466. The van der Waals surface area contributed by atoms with E-state index < -0.39 is 5.41 Å². The number of ether oxygens (including phenoxy) is 1. The maximum Gasteiger partial charge on any atom is 0.132 e. The molecule has 0 amide bonds. The van der Waals surface area contributed by atoms with Gasteiger partial charge >= 0.3 is 0 Å². The predicted molar refractivity (Wildman–Crippen MR) is 158 cm³/mol. The minimum Gasteiger partial charge on any atom is -0.457 e. The molecule has 0 atom stereocenters. The van der Waals surface area contributed by atoms with Gasteiger partial charge in [-0.05, 0) is 58.7 Å². The molecule has 1 spiro atoms. The van der Waals surface area contributed by atoms with E-state index in [1.54, 1.807) is 0 Å². The van der Waals surface area contributed by atoms with E-state index in [1.165, 1.54) is 60.9 Å². The van der Waals surface area contributed by atoms with Gasteiger partial charge in [0.05, 0.1) is 16.4 Å². The fraction of sp³-hybridized carbons (Fsp3) is 0.0270. The van der Waals surface area contributed by atoms with E-state index >= 15 is 0 Å². The molecular formula is C37H23NO. The molecule has 6 aromatic carbocycles. The molecule has 1 aliphatic carbocycles. The molecular weight excluding hydrogens is 474 g/mol. The molecule has 39 heavy (non-hydrogen) atoms. The van der Waals surface area contributed by atoms with Crippen molar-refractivity contribution in [3.8, 4) is 28.3 Å². The van der Waals surface area contributed by atoms with Crippen LogP contribution in [0, 0.1) is 0 Å². The van der Waals surface area contributed by atoms with E-state index in [-0.39, 0.29) is 0 Å². The van der Waals surface area contributed by atoms with Crippen molar-refractivity contribution in [1.29, 1.82) is 0 Å². The van der Waals surface area contributed by atoms with Gasteiger partial charge in [0.2, 0.25) is 0 Å². The summed E-state index contributed by atoms with van der Waals surface area (Å²) >= 11 is 0. The van der Waals surface area contributed by atoms with Crippen LogP contribution < -0.4 is 4.74 Å². The van der Waals surface area contributed by atoms with Crippen LogP contribution in [-0.4, -0.2) is 4.57 Å². The summed E-state index contributed by atoms with van der Waals surface area (Å²) in [5, 5.41) is 2.54. The van der Waals surface area contributed by atoms with Gasteiger partial charge in [0.15, 0.2) is 0 Å². The highest BCUT2D eigenvalue weighted by atomic mass is 16.5. The largest absolute Gasteiger partial charge is 0.457 e. The maximum atomic E-state index is 6.51. The van der Waals surface area contributed by atoms with Crippen LogP contribution in [0.15, 0.2) is 140 Å². The van der Waals surface area contributed by atoms with Crippen LogP contribution in [0.25, 0.3) is 38.6 Å². The summed E-state index contributed by atoms with van der Waals surface area (Å²) in [5.41, 5.74) is 10.7. The molecule has 1 aromatic heterocycles. The van der Waals surface area contributed by atoms with Gasteiger partial charge in [0, 0.05) is 27.6 Å². The van der Waals surface area contributed by atoms with Crippen molar-refractivity contribution in [2.45, 2.75) is 5.41 Å². The van der Waals surface area contributed by atoms with Gasteiger partial charge in [0.25, 0.3) is 0 Å². The van der Waals surface area contributed by atoms with Crippen molar-refractivity contribution in [3.63, 3.8) is 0 Å². The van der Waals surface area contributed by atoms with Crippen LogP contribution in [-0.2, 0) is 5.41 Å². The molecule has 1 aliphatic heterocycles. The summed E-state index contributed by atoms with van der Waals surface area (Å²) in [5.74, 6) is 1.84. The zero-order valence-corrected chi connectivity index (χ0v) is 21.1. The maximum absolute atomic E-state index is 6.51. The first-order valence-corrected chi connectivity index (χ1v) is 13.5. The smallest absolute Gasteiger partial charge is 0.132 e. The first kappa shape index (κ1) is 20.9. The average molecular weight is 498 g/mol. The fourth-order valence-electron chi connectivity index (χ4n) is 7.18. The monoisotopic (exact) mass is 497 g/mol. The third kappa shape index (κ3) is 2.56. The number of para-hydroxylation sites is 4. The average Bonchev–Trinajstić information content (AvgIpc) is 3.48. The highest BCUT2D eigenvalue weighted by Gasteiger charge is 2.51. The van der Waals surface area contributed by atoms with Crippen LogP contribution in [0.3, 0.4) is 0 Å². The topological polar surface area (TPSA) is 14.2 Å². The Morgan fingerprint density at radius 1 is 0.436 bits per heavy atom.